The summed E-state index contributed by atoms with van der Waals surface area (Å²) in [5.41, 5.74) is 1.50. The SMILES string of the molecule is CC1(C)COB(c2ccc3c(c2)N(CC(F)F)CO3)OC1. The van der Waals surface area contributed by atoms with Gasteiger partial charge in [-0.1, -0.05) is 19.9 Å². The van der Waals surface area contributed by atoms with Crippen LogP contribution in [-0.2, 0) is 9.31 Å². The number of ether oxygens (including phenoxy) is 1. The molecule has 1 saturated heterocycles. The third-order valence-electron chi connectivity index (χ3n) is 3.58. The van der Waals surface area contributed by atoms with Crippen LogP contribution in [0.1, 0.15) is 13.8 Å². The van der Waals surface area contributed by atoms with Crippen molar-refractivity contribution in [1.82, 2.24) is 0 Å². The van der Waals surface area contributed by atoms with Crippen molar-refractivity contribution >= 4 is 18.3 Å². The molecule has 3 rings (SSSR count). The summed E-state index contributed by atoms with van der Waals surface area (Å²) < 4.78 is 42.0. The van der Waals surface area contributed by atoms with E-state index in [9.17, 15) is 8.78 Å². The Morgan fingerprint density at radius 2 is 2.00 bits per heavy atom. The third-order valence-corrected chi connectivity index (χ3v) is 3.58. The van der Waals surface area contributed by atoms with Crippen LogP contribution >= 0.6 is 0 Å². The lowest BCUT2D eigenvalue weighted by Gasteiger charge is -2.33. The van der Waals surface area contributed by atoms with Crippen molar-refractivity contribution in [2.75, 3.05) is 31.4 Å². The van der Waals surface area contributed by atoms with Gasteiger partial charge in [-0.25, -0.2) is 8.78 Å². The average molecular weight is 297 g/mol. The summed E-state index contributed by atoms with van der Waals surface area (Å²) in [6, 6.07) is 5.45. The van der Waals surface area contributed by atoms with Crippen LogP contribution in [0, 0.1) is 5.41 Å². The first kappa shape index (κ1) is 14.6. The summed E-state index contributed by atoms with van der Waals surface area (Å²) in [6.45, 7) is 5.17. The molecule has 0 saturated carbocycles. The topological polar surface area (TPSA) is 30.9 Å². The molecule has 0 unspecified atom stereocenters. The number of benzene rings is 1. The minimum atomic E-state index is -2.40. The van der Waals surface area contributed by atoms with E-state index in [4.69, 9.17) is 14.0 Å². The first-order chi connectivity index (χ1) is 9.94. The second kappa shape index (κ2) is 5.46. The number of hydrogen-bond donors (Lipinski definition) is 0. The summed E-state index contributed by atoms with van der Waals surface area (Å²) in [6.07, 6.45) is -2.40. The molecule has 4 nitrogen and oxygen atoms in total. The van der Waals surface area contributed by atoms with Gasteiger partial charge in [-0.2, -0.15) is 0 Å². The molecule has 0 N–H and O–H groups in total. The minimum absolute atomic E-state index is 0.00193. The maximum absolute atomic E-state index is 12.6. The molecule has 0 radical (unpaired) electrons. The Bertz CT molecular complexity index is 517. The fourth-order valence-corrected chi connectivity index (χ4v) is 2.47. The van der Waals surface area contributed by atoms with Gasteiger partial charge in [0.2, 0.25) is 0 Å². The van der Waals surface area contributed by atoms with Crippen molar-refractivity contribution in [2.24, 2.45) is 5.41 Å². The highest BCUT2D eigenvalue weighted by Crippen LogP contribution is 2.33. The van der Waals surface area contributed by atoms with Crippen molar-refractivity contribution in [3.05, 3.63) is 18.2 Å². The molecule has 1 aromatic carbocycles. The average Bonchev–Trinajstić information content (AvgIpc) is 2.80. The number of halogens is 2. The molecule has 0 amide bonds. The van der Waals surface area contributed by atoms with E-state index in [0.717, 1.165) is 5.46 Å². The van der Waals surface area contributed by atoms with Gasteiger partial charge >= 0.3 is 7.12 Å². The van der Waals surface area contributed by atoms with Gasteiger partial charge in [-0.3, -0.25) is 0 Å². The van der Waals surface area contributed by atoms with Gasteiger partial charge in [0.1, 0.15) is 5.75 Å². The van der Waals surface area contributed by atoms with E-state index in [1.807, 2.05) is 12.1 Å². The lowest BCUT2D eigenvalue weighted by atomic mass is 9.75. The van der Waals surface area contributed by atoms with Gasteiger partial charge in [0.15, 0.2) is 6.73 Å². The summed E-state index contributed by atoms with van der Waals surface area (Å²) in [5.74, 6) is 0.621. The van der Waals surface area contributed by atoms with Crippen molar-refractivity contribution in [1.29, 1.82) is 0 Å². The zero-order valence-electron chi connectivity index (χ0n) is 12.1. The van der Waals surface area contributed by atoms with Crippen LogP contribution in [0.25, 0.3) is 0 Å². The lowest BCUT2D eigenvalue weighted by molar-refractivity contribution is 0.0343. The Balaban J connectivity index is 1.77. The van der Waals surface area contributed by atoms with Gasteiger partial charge < -0.3 is 18.9 Å². The molecule has 0 spiro atoms. The van der Waals surface area contributed by atoms with E-state index >= 15 is 0 Å². The van der Waals surface area contributed by atoms with Crippen LogP contribution in [0.5, 0.6) is 5.75 Å². The molecule has 7 heteroatoms. The minimum Gasteiger partial charge on any atom is -0.471 e. The Kier molecular flexibility index (Phi) is 3.79. The molecule has 2 aliphatic rings. The summed E-state index contributed by atoms with van der Waals surface area (Å²) in [5, 5.41) is 0. The molecular formula is C14H18BF2NO3. The maximum Gasteiger partial charge on any atom is 0.493 e. The van der Waals surface area contributed by atoms with Crippen molar-refractivity contribution in [3.8, 4) is 5.75 Å². The van der Waals surface area contributed by atoms with E-state index in [2.05, 4.69) is 13.8 Å². The quantitative estimate of drug-likeness (QED) is 0.797. The highest BCUT2D eigenvalue weighted by Gasteiger charge is 2.34. The number of nitrogens with zero attached hydrogens (tertiary/aromatic N) is 1. The van der Waals surface area contributed by atoms with Gasteiger partial charge in [0.05, 0.1) is 12.2 Å². The molecule has 1 aromatic rings. The largest absolute Gasteiger partial charge is 0.493 e. The van der Waals surface area contributed by atoms with Gasteiger partial charge in [-0.05, 0) is 17.6 Å². The predicted molar refractivity (Wildman–Crippen MR) is 76.4 cm³/mol. The summed E-state index contributed by atoms with van der Waals surface area (Å²) in [7, 11) is -0.447. The zero-order chi connectivity index (χ0) is 15.0. The predicted octanol–water partition coefficient (Wildman–Crippen LogP) is 1.88. The Labute approximate surface area is 123 Å². The van der Waals surface area contributed by atoms with E-state index < -0.39 is 13.5 Å². The molecule has 2 heterocycles. The number of alkyl halides is 2. The molecule has 0 aromatic heterocycles. The number of anilines is 1. The van der Waals surface area contributed by atoms with E-state index in [1.54, 1.807) is 6.07 Å². The lowest BCUT2D eigenvalue weighted by Crippen LogP contribution is -2.47. The molecular weight excluding hydrogens is 279 g/mol. The Hall–Kier alpha value is -1.34. The van der Waals surface area contributed by atoms with Crippen molar-refractivity contribution in [3.63, 3.8) is 0 Å². The van der Waals surface area contributed by atoms with E-state index in [0.29, 0.717) is 24.7 Å². The summed E-state index contributed by atoms with van der Waals surface area (Å²) in [4.78, 5) is 1.52. The highest BCUT2D eigenvalue weighted by molar-refractivity contribution is 6.61. The second-order valence-corrected chi connectivity index (χ2v) is 6.23. The van der Waals surface area contributed by atoms with Crippen LogP contribution in [0.2, 0.25) is 0 Å². The van der Waals surface area contributed by atoms with Crippen molar-refractivity contribution < 1.29 is 22.8 Å². The monoisotopic (exact) mass is 297 g/mol. The fourth-order valence-electron chi connectivity index (χ4n) is 2.47. The van der Waals surface area contributed by atoms with Crippen LogP contribution in [-0.4, -0.2) is 40.0 Å². The van der Waals surface area contributed by atoms with Gasteiger partial charge in [-0.15, -0.1) is 0 Å². The van der Waals surface area contributed by atoms with Crippen LogP contribution in [0.15, 0.2) is 18.2 Å². The Morgan fingerprint density at radius 3 is 2.67 bits per heavy atom. The molecule has 114 valence electrons. The van der Waals surface area contributed by atoms with Crippen LogP contribution < -0.4 is 15.1 Å². The number of hydrogen-bond acceptors (Lipinski definition) is 4. The number of rotatable bonds is 3. The molecule has 0 aliphatic carbocycles. The standard InChI is InChI=1S/C14H18BF2NO3/c1-14(2)7-20-15(21-8-14)10-3-4-12-11(5-10)18(9-19-12)6-13(16)17/h3-5,13H,6-9H2,1-2H3. The fraction of sp³-hybridized carbons (Fsp3) is 0.571. The molecule has 0 bridgehead atoms. The van der Waals surface area contributed by atoms with Gasteiger partial charge in [0, 0.05) is 18.6 Å². The van der Waals surface area contributed by atoms with Gasteiger partial charge in [0.25, 0.3) is 6.43 Å². The van der Waals surface area contributed by atoms with E-state index in [1.165, 1.54) is 4.90 Å². The van der Waals surface area contributed by atoms with Crippen molar-refractivity contribution in [2.45, 2.75) is 20.3 Å². The highest BCUT2D eigenvalue weighted by atomic mass is 19.3. The number of fused-ring (bicyclic) bond motifs is 1. The summed E-state index contributed by atoms with van der Waals surface area (Å²) >= 11 is 0. The third kappa shape index (κ3) is 3.13. The molecule has 2 aliphatic heterocycles. The normalized spacial score (nSPS) is 20.6. The first-order valence-electron chi connectivity index (χ1n) is 6.98. The Morgan fingerprint density at radius 1 is 1.29 bits per heavy atom. The van der Waals surface area contributed by atoms with Crippen LogP contribution in [0.3, 0.4) is 0 Å². The maximum atomic E-state index is 12.6. The van der Waals surface area contributed by atoms with Crippen LogP contribution in [0.4, 0.5) is 14.5 Å². The second-order valence-electron chi connectivity index (χ2n) is 6.23. The first-order valence-corrected chi connectivity index (χ1v) is 6.98. The molecule has 0 atom stereocenters. The molecule has 1 fully saturated rings. The van der Waals surface area contributed by atoms with E-state index in [-0.39, 0.29) is 18.7 Å². The zero-order valence-corrected chi connectivity index (χ0v) is 12.1. The smallest absolute Gasteiger partial charge is 0.471 e. The molecule has 21 heavy (non-hydrogen) atoms.